The molecule has 0 aromatic heterocycles. The molecule has 0 radical (unpaired) electrons. The van der Waals surface area contributed by atoms with Gasteiger partial charge in [-0.05, 0) is 48.9 Å². The summed E-state index contributed by atoms with van der Waals surface area (Å²) in [4.78, 5) is 0. The lowest BCUT2D eigenvalue weighted by atomic mass is 9.97. The summed E-state index contributed by atoms with van der Waals surface area (Å²) in [5, 5.41) is 4.01. The van der Waals surface area contributed by atoms with Gasteiger partial charge in [0, 0.05) is 15.6 Å². The summed E-state index contributed by atoms with van der Waals surface area (Å²) in [7, 11) is 0. The second kappa shape index (κ2) is 7.21. The van der Waals surface area contributed by atoms with Crippen molar-refractivity contribution in [3.05, 3.63) is 69.2 Å². The Morgan fingerprint density at radius 1 is 1.10 bits per heavy atom. The van der Waals surface area contributed by atoms with Crippen molar-refractivity contribution in [1.82, 2.24) is 5.32 Å². The average molecular weight is 330 g/mol. The Morgan fingerprint density at radius 2 is 1.76 bits per heavy atom. The molecule has 1 unspecified atom stereocenters. The van der Waals surface area contributed by atoms with E-state index in [0.717, 1.165) is 6.42 Å². The Kier molecular flexibility index (Phi) is 5.57. The van der Waals surface area contributed by atoms with Gasteiger partial charge in [-0.25, -0.2) is 8.78 Å². The zero-order valence-corrected chi connectivity index (χ0v) is 13.0. The van der Waals surface area contributed by atoms with Crippen molar-refractivity contribution >= 4 is 23.2 Å². The molecule has 1 nitrogen and oxygen atoms in total. The third-order valence-corrected chi connectivity index (χ3v) is 3.74. The zero-order valence-electron chi connectivity index (χ0n) is 11.5. The highest BCUT2D eigenvalue weighted by Crippen LogP contribution is 2.33. The van der Waals surface area contributed by atoms with Gasteiger partial charge in [-0.1, -0.05) is 36.2 Å². The van der Waals surface area contributed by atoms with Crippen LogP contribution in [0.3, 0.4) is 0 Å². The van der Waals surface area contributed by atoms with Crippen LogP contribution in [0.4, 0.5) is 8.78 Å². The lowest BCUT2D eigenvalue weighted by Crippen LogP contribution is -2.25. The SMILES string of the molecule is CCCNC(c1cc(Cl)ccc1Cl)c1c(F)cccc1F. The van der Waals surface area contributed by atoms with Crippen LogP contribution in [0, 0.1) is 11.6 Å². The van der Waals surface area contributed by atoms with Gasteiger partial charge in [-0.2, -0.15) is 0 Å². The second-order valence-electron chi connectivity index (χ2n) is 4.69. The topological polar surface area (TPSA) is 12.0 Å². The lowest BCUT2D eigenvalue weighted by molar-refractivity contribution is 0.503. The predicted octanol–water partition coefficient (Wildman–Crippen LogP) is 5.36. The van der Waals surface area contributed by atoms with E-state index in [4.69, 9.17) is 23.2 Å². The molecule has 0 amide bonds. The maximum atomic E-state index is 14.1. The molecule has 2 aromatic rings. The van der Waals surface area contributed by atoms with Crippen LogP contribution in [0.25, 0.3) is 0 Å². The number of nitrogens with one attached hydrogen (secondary N) is 1. The molecule has 0 saturated heterocycles. The van der Waals surface area contributed by atoms with Crippen molar-refractivity contribution in [2.45, 2.75) is 19.4 Å². The van der Waals surface area contributed by atoms with Gasteiger partial charge in [0.2, 0.25) is 0 Å². The molecule has 0 fully saturated rings. The molecule has 0 aliphatic carbocycles. The van der Waals surface area contributed by atoms with Gasteiger partial charge in [0.15, 0.2) is 0 Å². The van der Waals surface area contributed by atoms with E-state index in [9.17, 15) is 8.78 Å². The first kappa shape index (κ1) is 16.2. The molecule has 0 bridgehead atoms. The fourth-order valence-corrected chi connectivity index (χ4v) is 2.59. The summed E-state index contributed by atoms with van der Waals surface area (Å²) in [6.07, 6.45) is 0.824. The van der Waals surface area contributed by atoms with Crippen LogP contribution in [-0.2, 0) is 0 Å². The van der Waals surface area contributed by atoms with Crippen molar-refractivity contribution < 1.29 is 8.78 Å². The Hall–Kier alpha value is -1.16. The Balaban J connectivity index is 2.55. The van der Waals surface area contributed by atoms with E-state index >= 15 is 0 Å². The summed E-state index contributed by atoms with van der Waals surface area (Å²) in [5.74, 6) is -1.22. The van der Waals surface area contributed by atoms with Gasteiger partial charge < -0.3 is 5.32 Å². The normalized spacial score (nSPS) is 12.4. The van der Waals surface area contributed by atoms with Crippen molar-refractivity contribution in [3.63, 3.8) is 0 Å². The third kappa shape index (κ3) is 3.73. The second-order valence-corrected chi connectivity index (χ2v) is 5.53. The van der Waals surface area contributed by atoms with Gasteiger partial charge in [-0.15, -0.1) is 0 Å². The quantitative estimate of drug-likeness (QED) is 0.778. The fraction of sp³-hybridized carbons (Fsp3) is 0.250. The van der Waals surface area contributed by atoms with E-state index in [-0.39, 0.29) is 5.56 Å². The van der Waals surface area contributed by atoms with Crippen molar-refractivity contribution in [1.29, 1.82) is 0 Å². The van der Waals surface area contributed by atoms with Crippen LogP contribution in [0.1, 0.15) is 30.5 Å². The van der Waals surface area contributed by atoms with Crippen LogP contribution in [0.15, 0.2) is 36.4 Å². The van der Waals surface area contributed by atoms with Gasteiger partial charge >= 0.3 is 0 Å². The number of hydrogen-bond acceptors (Lipinski definition) is 1. The molecular formula is C16H15Cl2F2N. The predicted molar refractivity (Wildman–Crippen MR) is 83.0 cm³/mol. The molecule has 2 rings (SSSR count). The van der Waals surface area contributed by atoms with Crippen molar-refractivity contribution in [2.24, 2.45) is 0 Å². The minimum absolute atomic E-state index is 0.0462. The van der Waals surface area contributed by atoms with Crippen molar-refractivity contribution in [2.75, 3.05) is 6.54 Å². The highest BCUT2D eigenvalue weighted by Gasteiger charge is 2.23. The fourth-order valence-electron chi connectivity index (χ4n) is 2.18. The summed E-state index contributed by atoms with van der Waals surface area (Å²) in [6, 6.07) is 8.01. The molecule has 0 aliphatic rings. The van der Waals surface area contributed by atoms with E-state index in [0.29, 0.717) is 22.2 Å². The molecule has 2 aromatic carbocycles. The average Bonchev–Trinajstić information content (AvgIpc) is 2.45. The van der Waals surface area contributed by atoms with Crippen LogP contribution in [0.5, 0.6) is 0 Å². The smallest absolute Gasteiger partial charge is 0.131 e. The number of hydrogen-bond donors (Lipinski definition) is 1. The summed E-state index contributed by atoms with van der Waals surface area (Å²) >= 11 is 12.2. The Morgan fingerprint density at radius 3 is 2.38 bits per heavy atom. The zero-order chi connectivity index (χ0) is 15.4. The number of benzene rings is 2. The third-order valence-electron chi connectivity index (χ3n) is 3.16. The lowest BCUT2D eigenvalue weighted by Gasteiger charge is -2.22. The first-order valence-electron chi connectivity index (χ1n) is 6.66. The Bertz CT molecular complexity index is 611. The summed E-state index contributed by atoms with van der Waals surface area (Å²) in [5.41, 5.74) is 0.511. The van der Waals surface area contributed by atoms with E-state index in [1.54, 1.807) is 18.2 Å². The molecule has 1 atom stereocenters. The van der Waals surface area contributed by atoms with E-state index in [2.05, 4.69) is 5.32 Å². The first-order valence-corrected chi connectivity index (χ1v) is 7.42. The van der Waals surface area contributed by atoms with E-state index in [1.165, 1.54) is 18.2 Å². The molecule has 112 valence electrons. The monoisotopic (exact) mass is 329 g/mol. The molecule has 0 spiro atoms. The van der Waals surface area contributed by atoms with Crippen LogP contribution >= 0.6 is 23.2 Å². The molecule has 5 heteroatoms. The molecule has 0 heterocycles. The first-order chi connectivity index (χ1) is 10.0. The highest BCUT2D eigenvalue weighted by atomic mass is 35.5. The van der Waals surface area contributed by atoms with Crippen LogP contribution in [0.2, 0.25) is 10.0 Å². The minimum Gasteiger partial charge on any atom is -0.306 e. The van der Waals surface area contributed by atoms with Crippen molar-refractivity contribution in [3.8, 4) is 0 Å². The highest BCUT2D eigenvalue weighted by molar-refractivity contribution is 6.33. The number of rotatable bonds is 5. The largest absolute Gasteiger partial charge is 0.306 e. The van der Waals surface area contributed by atoms with Gasteiger partial charge in [0.25, 0.3) is 0 Å². The molecular weight excluding hydrogens is 315 g/mol. The molecule has 0 saturated carbocycles. The summed E-state index contributed by atoms with van der Waals surface area (Å²) in [6.45, 7) is 2.57. The van der Waals surface area contributed by atoms with E-state index in [1.807, 2.05) is 6.92 Å². The van der Waals surface area contributed by atoms with Gasteiger partial charge in [0.1, 0.15) is 11.6 Å². The van der Waals surface area contributed by atoms with Gasteiger partial charge in [0.05, 0.1) is 6.04 Å². The van der Waals surface area contributed by atoms with Crippen LogP contribution < -0.4 is 5.32 Å². The Labute approximate surface area is 132 Å². The minimum atomic E-state index is -0.683. The standard InChI is InChI=1S/C16H15Cl2F2N/c1-2-8-21-16(11-9-10(17)6-7-12(11)18)15-13(19)4-3-5-14(15)20/h3-7,9,16,21H,2,8H2,1H3. The molecule has 1 N–H and O–H groups in total. The summed E-state index contributed by atoms with van der Waals surface area (Å²) < 4.78 is 28.2. The maximum Gasteiger partial charge on any atom is 0.131 e. The van der Waals surface area contributed by atoms with Crippen LogP contribution in [-0.4, -0.2) is 6.54 Å². The van der Waals surface area contributed by atoms with Gasteiger partial charge in [-0.3, -0.25) is 0 Å². The molecule has 21 heavy (non-hydrogen) atoms. The number of halogens is 4. The van der Waals surface area contributed by atoms with E-state index < -0.39 is 17.7 Å². The maximum absolute atomic E-state index is 14.1. The molecule has 0 aliphatic heterocycles.